The number of nitrogens with one attached hydrogen (secondary N) is 1. The lowest BCUT2D eigenvalue weighted by atomic mass is 10.2. The number of carboxylic acid groups (broad SMARTS) is 1. The minimum absolute atomic E-state index is 0.0838. The maximum atomic E-state index is 11.8. The maximum absolute atomic E-state index is 11.8. The van der Waals surface area contributed by atoms with Crippen molar-refractivity contribution in [2.24, 2.45) is 0 Å². The predicted molar refractivity (Wildman–Crippen MR) is 69.9 cm³/mol. The Bertz CT molecular complexity index is 322. The van der Waals surface area contributed by atoms with Gasteiger partial charge in [-0.1, -0.05) is 0 Å². The van der Waals surface area contributed by atoms with Gasteiger partial charge in [0.05, 0.1) is 6.10 Å². The molecule has 2 atom stereocenters. The number of carbonyl (C=O) groups excluding carboxylic acids is 1. The van der Waals surface area contributed by atoms with Gasteiger partial charge in [0.25, 0.3) is 0 Å². The topological polar surface area (TPSA) is 93.1 Å². The van der Waals surface area contributed by atoms with Crippen molar-refractivity contribution in [2.45, 2.75) is 31.4 Å². The van der Waals surface area contributed by atoms with Crippen molar-refractivity contribution in [3.63, 3.8) is 0 Å². The molecule has 0 aromatic heterocycles. The van der Waals surface area contributed by atoms with Crippen molar-refractivity contribution in [1.82, 2.24) is 15.1 Å². The van der Waals surface area contributed by atoms with Gasteiger partial charge in [0.15, 0.2) is 0 Å². The Hall–Kier alpha value is -1.34. The molecule has 0 saturated carbocycles. The molecule has 0 radical (unpaired) electrons. The fraction of sp³-hybridized carbons (Fsp3) is 0.833. The molecule has 1 heterocycles. The van der Waals surface area contributed by atoms with E-state index in [1.54, 1.807) is 0 Å². The van der Waals surface area contributed by atoms with Gasteiger partial charge in [-0.15, -0.1) is 0 Å². The second-order valence-corrected chi connectivity index (χ2v) is 5.14. The van der Waals surface area contributed by atoms with Crippen molar-refractivity contribution in [3.05, 3.63) is 0 Å². The van der Waals surface area contributed by atoms with Gasteiger partial charge in [0.1, 0.15) is 6.04 Å². The second kappa shape index (κ2) is 7.30. The monoisotopic (exact) mass is 273 g/mol. The molecule has 1 aliphatic rings. The summed E-state index contributed by atoms with van der Waals surface area (Å²) in [5, 5.41) is 21.1. The highest BCUT2D eigenvalue weighted by Crippen LogP contribution is 2.17. The molecule has 2 amide bonds. The molecule has 1 saturated heterocycles. The Kier molecular flexibility index (Phi) is 6.04. The Morgan fingerprint density at radius 3 is 2.63 bits per heavy atom. The first-order valence-corrected chi connectivity index (χ1v) is 6.52. The van der Waals surface area contributed by atoms with Gasteiger partial charge < -0.3 is 25.3 Å². The zero-order chi connectivity index (χ0) is 14.4. The smallest absolute Gasteiger partial charge is 0.326 e. The van der Waals surface area contributed by atoms with Crippen LogP contribution in [0.2, 0.25) is 0 Å². The molecule has 0 aromatic carbocycles. The summed E-state index contributed by atoms with van der Waals surface area (Å²) in [6.45, 7) is 1.56. The third-order valence-corrected chi connectivity index (χ3v) is 3.13. The molecule has 19 heavy (non-hydrogen) atoms. The van der Waals surface area contributed by atoms with Gasteiger partial charge in [-0.25, -0.2) is 9.59 Å². The van der Waals surface area contributed by atoms with E-state index in [9.17, 15) is 14.7 Å². The molecule has 0 spiro atoms. The van der Waals surface area contributed by atoms with E-state index in [2.05, 4.69) is 10.2 Å². The highest BCUT2D eigenvalue weighted by atomic mass is 16.4. The summed E-state index contributed by atoms with van der Waals surface area (Å²) in [7, 11) is 3.98. The number of aliphatic carboxylic acids is 1. The SMILES string of the molecule is CN(C)CCCCNC(=O)N1C[C@@H](O)C[C@H]1C(=O)O. The number of aliphatic hydroxyl groups excluding tert-OH is 1. The molecule has 0 unspecified atom stereocenters. The highest BCUT2D eigenvalue weighted by Gasteiger charge is 2.38. The molecule has 7 nitrogen and oxygen atoms in total. The Labute approximate surface area is 113 Å². The molecule has 0 aromatic rings. The molecular formula is C12H23N3O4. The molecular weight excluding hydrogens is 250 g/mol. The van der Waals surface area contributed by atoms with Crippen molar-refractivity contribution in [2.75, 3.05) is 33.7 Å². The predicted octanol–water partition coefficient (Wildman–Crippen LogP) is -0.442. The van der Waals surface area contributed by atoms with Crippen LogP contribution in [0.25, 0.3) is 0 Å². The largest absolute Gasteiger partial charge is 0.480 e. The van der Waals surface area contributed by atoms with E-state index < -0.39 is 24.1 Å². The van der Waals surface area contributed by atoms with E-state index >= 15 is 0 Å². The summed E-state index contributed by atoms with van der Waals surface area (Å²) < 4.78 is 0. The van der Waals surface area contributed by atoms with Crippen LogP contribution in [0.4, 0.5) is 4.79 Å². The number of carbonyl (C=O) groups is 2. The zero-order valence-corrected chi connectivity index (χ0v) is 11.5. The lowest BCUT2D eigenvalue weighted by Gasteiger charge is -2.21. The third-order valence-electron chi connectivity index (χ3n) is 3.13. The molecule has 1 rings (SSSR count). The average molecular weight is 273 g/mol. The number of β-amino-alcohol motifs (C(OH)–C–C–N with tert-alkyl or cyclic N) is 1. The molecule has 3 N–H and O–H groups in total. The molecule has 1 fully saturated rings. The van der Waals surface area contributed by atoms with Crippen LogP contribution >= 0.6 is 0 Å². The van der Waals surface area contributed by atoms with Crippen LogP contribution in [0.3, 0.4) is 0 Å². The number of hydrogen-bond donors (Lipinski definition) is 3. The normalized spacial score (nSPS) is 22.8. The Morgan fingerprint density at radius 1 is 1.37 bits per heavy atom. The number of hydrogen-bond acceptors (Lipinski definition) is 4. The zero-order valence-electron chi connectivity index (χ0n) is 11.5. The number of unbranched alkanes of at least 4 members (excludes halogenated alkanes) is 1. The number of rotatable bonds is 6. The Morgan fingerprint density at radius 2 is 2.05 bits per heavy atom. The minimum atomic E-state index is -1.07. The van der Waals surface area contributed by atoms with Crippen LogP contribution < -0.4 is 5.32 Å². The fourth-order valence-corrected chi connectivity index (χ4v) is 2.12. The molecule has 1 aliphatic heterocycles. The van der Waals surface area contributed by atoms with Crippen LogP contribution in [-0.4, -0.2) is 77.9 Å². The van der Waals surface area contributed by atoms with Crippen molar-refractivity contribution < 1.29 is 19.8 Å². The first-order valence-electron chi connectivity index (χ1n) is 6.52. The first kappa shape index (κ1) is 15.7. The summed E-state index contributed by atoms with van der Waals surface area (Å²) in [6, 6.07) is -1.33. The quantitative estimate of drug-likeness (QED) is 0.570. The van der Waals surface area contributed by atoms with Gasteiger partial charge in [-0.2, -0.15) is 0 Å². The van der Waals surface area contributed by atoms with Crippen LogP contribution in [0, 0.1) is 0 Å². The van der Waals surface area contributed by atoms with Crippen LogP contribution in [0.1, 0.15) is 19.3 Å². The third kappa shape index (κ3) is 5.04. The van der Waals surface area contributed by atoms with Crippen molar-refractivity contribution in [3.8, 4) is 0 Å². The van der Waals surface area contributed by atoms with Crippen molar-refractivity contribution in [1.29, 1.82) is 0 Å². The maximum Gasteiger partial charge on any atom is 0.326 e. The van der Waals surface area contributed by atoms with E-state index in [-0.39, 0.29) is 13.0 Å². The second-order valence-electron chi connectivity index (χ2n) is 5.14. The van der Waals surface area contributed by atoms with E-state index in [0.29, 0.717) is 6.54 Å². The number of likely N-dealkylation sites (tertiary alicyclic amines) is 1. The standard InChI is InChI=1S/C12H23N3O4/c1-14(2)6-4-3-5-13-12(19)15-8-9(16)7-10(15)11(17)18/h9-10,16H,3-8H2,1-2H3,(H,13,19)(H,17,18)/t9-,10-/m0/s1. The fourth-order valence-electron chi connectivity index (χ4n) is 2.12. The van der Waals surface area contributed by atoms with E-state index in [1.807, 2.05) is 14.1 Å². The summed E-state index contributed by atoms with van der Waals surface area (Å²) >= 11 is 0. The van der Waals surface area contributed by atoms with Gasteiger partial charge >= 0.3 is 12.0 Å². The van der Waals surface area contributed by atoms with Gasteiger partial charge in [0, 0.05) is 19.5 Å². The number of amides is 2. The minimum Gasteiger partial charge on any atom is -0.480 e. The summed E-state index contributed by atoms with van der Waals surface area (Å²) in [4.78, 5) is 26.1. The van der Waals surface area contributed by atoms with Crippen LogP contribution in [0.15, 0.2) is 0 Å². The van der Waals surface area contributed by atoms with Gasteiger partial charge in [0.2, 0.25) is 0 Å². The van der Waals surface area contributed by atoms with E-state index in [1.165, 1.54) is 4.90 Å². The van der Waals surface area contributed by atoms with E-state index in [0.717, 1.165) is 19.4 Å². The number of carboxylic acids is 1. The van der Waals surface area contributed by atoms with Crippen LogP contribution in [-0.2, 0) is 4.79 Å². The Balaban J connectivity index is 2.30. The van der Waals surface area contributed by atoms with Gasteiger partial charge in [-0.05, 0) is 33.5 Å². The average Bonchev–Trinajstić information content (AvgIpc) is 2.70. The lowest BCUT2D eigenvalue weighted by Crippen LogP contribution is -2.46. The van der Waals surface area contributed by atoms with Crippen LogP contribution in [0.5, 0.6) is 0 Å². The number of urea groups is 1. The number of nitrogens with zero attached hydrogens (tertiary/aromatic N) is 2. The first-order chi connectivity index (χ1) is 8.91. The highest BCUT2D eigenvalue weighted by molar-refractivity contribution is 5.83. The van der Waals surface area contributed by atoms with E-state index in [4.69, 9.17) is 5.11 Å². The molecule has 0 bridgehead atoms. The molecule has 110 valence electrons. The molecule has 0 aliphatic carbocycles. The molecule has 7 heteroatoms. The number of aliphatic hydroxyl groups is 1. The summed E-state index contributed by atoms with van der Waals surface area (Å²) in [5.41, 5.74) is 0. The van der Waals surface area contributed by atoms with Crippen molar-refractivity contribution >= 4 is 12.0 Å². The summed E-state index contributed by atoms with van der Waals surface area (Å²) in [5.74, 6) is -1.07. The van der Waals surface area contributed by atoms with Gasteiger partial charge in [-0.3, -0.25) is 0 Å². The summed E-state index contributed by atoms with van der Waals surface area (Å²) in [6.07, 6.45) is 1.17. The lowest BCUT2D eigenvalue weighted by molar-refractivity contribution is -0.141.